The summed E-state index contributed by atoms with van der Waals surface area (Å²) in [5.74, 6) is -0.511. The first-order valence-corrected chi connectivity index (χ1v) is 7.66. The zero-order valence-corrected chi connectivity index (χ0v) is 13.1. The molecule has 0 saturated heterocycles. The molecule has 0 spiro atoms. The molecule has 0 bridgehead atoms. The lowest BCUT2D eigenvalue weighted by Crippen LogP contribution is -2.29. The fourth-order valence-electron chi connectivity index (χ4n) is 2.08. The maximum atomic E-state index is 12.2. The van der Waals surface area contributed by atoms with E-state index in [1.807, 2.05) is 0 Å². The molecule has 25 heavy (non-hydrogen) atoms. The summed E-state index contributed by atoms with van der Waals surface area (Å²) in [6.45, 7) is 0. The number of rotatable bonds is 5. The highest BCUT2D eigenvalue weighted by molar-refractivity contribution is 7.16. The molecule has 0 radical (unpaired) electrons. The second-order valence-corrected chi connectivity index (χ2v) is 5.72. The first-order valence-electron chi connectivity index (χ1n) is 6.78. The highest BCUT2D eigenvalue weighted by atomic mass is 32.1. The van der Waals surface area contributed by atoms with Gasteiger partial charge in [0.05, 0.1) is 31.6 Å². The number of fused-ring (bicyclic) bond motifs is 1. The van der Waals surface area contributed by atoms with Gasteiger partial charge >= 0.3 is 5.69 Å². The molecule has 3 rings (SSSR count). The second kappa shape index (κ2) is 6.49. The van der Waals surface area contributed by atoms with Crippen LogP contribution in [0, 0.1) is 20.2 Å². The molecular formula is C14H9N5O5S. The first-order chi connectivity index (χ1) is 12.0. The van der Waals surface area contributed by atoms with Crippen molar-refractivity contribution in [3.63, 3.8) is 0 Å². The number of nitrogens with zero attached hydrogens (tertiary/aromatic N) is 3. The number of non-ortho nitro benzene ring substituents is 1. The number of benzene rings is 2. The zero-order valence-electron chi connectivity index (χ0n) is 12.3. The summed E-state index contributed by atoms with van der Waals surface area (Å²) in [5, 5.41) is 21.8. The molecule has 0 unspecified atom stereocenters. The molecule has 0 fully saturated rings. The fourth-order valence-corrected chi connectivity index (χ4v) is 2.80. The predicted octanol–water partition coefficient (Wildman–Crippen LogP) is 2.87. The van der Waals surface area contributed by atoms with Gasteiger partial charge in [0.25, 0.3) is 11.6 Å². The van der Waals surface area contributed by atoms with Gasteiger partial charge in [0, 0.05) is 11.6 Å². The number of aromatic nitrogens is 1. The van der Waals surface area contributed by atoms with Crippen molar-refractivity contribution in [2.75, 3.05) is 5.43 Å². The molecule has 2 aromatic carbocycles. The molecule has 0 aliphatic heterocycles. The van der Waals surface area contributed by atoms with Gasteiger partial charge < -0.3 is 0 Å². The van der Waals surface area contributed by atoms with Crippen LogP contribution in [0.5, 0.6) is 0 Å². The number of amides is 1. The molecule has 10 nitrogen and oxygen atoms in total. The van der Waals surface area contributed by atoms with Crippen LogP contribution in [0.4, 0.5) is 17.1 Å². The Balaban J connectivity index is 1.79. The standard InChI is InChI=1S/C14H9N5O5S/c20-14(8-1-3-11-13(5-8)25-7-15-11)17-16-10-4-2-9(18(21)22)6-12(10)19(23)24/h1-7,16H,(H,17,20). The summed E-state index contributed by atoms with van der Waals surface area (Å²) in [4.78, 5) is 36.5. The number of nitrogens with one attached hydrogen (secondary N) is 2. The van der Waals surface area contributed by atoms with E-state index in [0.29, 0.717) is 5.56 Å². The Kier molecular flexibility index (Phi) is 4.22. The number of hydrazine groups is 1. The summed E-state index contributed by atoms with van der Waals surface area (Å²) >= 11 is 1.38. The minimum Gasteiger partial charge on any atom is -0.292 e. The Morgan fingerprint density at radius 2 is 1.88 bits per heavy atom. The Bertz CT molecular complexity index is 1000. The van der Waals surface area contributed by atoms with Crippen LogP contribution in [0.3, 0.4) is 0 Å². The van der Waals surface area contributed by atoms with Gasteiger partial charge in [0.2, 0.25) is 0 Å². The molecule has 2 N–H and O–H groups in total. The molecule has 3 aromatic rings. The van der Waals surface area contributed by atoms with Gasteiger partial charge in [-0.25, -0.2) is 4.98 Å². The SMILES string of the molecule is O=C(NNc1ccc([N+](=O)[O-])cc1[N+](=O)[O-])c1ccc2ncsc2c1. The molecule has 0 atom stereocenters. The number of nitro groups is 2. The highest BCUT2D eigenvalue weighted by Crippen LogP contribution is 2.28. The molecule has 1 aromatic heterocycles. The van der Waals surface area contributed by atoms with E-state index in [9.17, 15) is 25.0 Å². The maximum absolute atomic E-state index is 12.2. The number of carbonyl (C=O) groups excluding carboxylic acids is 1. The van der Waals surface area contributed by atoms with Crippen molar-refractivity contribution in [3.05, 3.63) is 67.7 Å². The lowest BCUT2D eigenvalue weighted by Gasteiger charge is -2.09. The largest absolute Gasteiger partial charge is 0.300 e. The van der Waals surface area contributed by atoms with E-state index in [1.165, 1.54) is 11.3 Å². The summed E-state index contributed by atoms with van der Waals surface area (Å²) in [5.41, 5.74) is 6.52. The van der Waals surface area contributed by atoms with Crippen LogP contribution in [0.1, 0.15) is 10.4 Å². The van der Waals surface area contributed by atoms with Gasteiger partial charge in [-0.05, 0) is 24.3 Å². The molecule has 1 heterocycles. The average Bonchev–Trinajstić information content (AvgIpc) is 3.06. The van der Waals surface area contributed by atoms with Crippen LogP contribution >= 0.6 is 11.3 Å². The van der Waals surface area contributed by atoms with Crippen LogP contribution in [0.2, 0.25) is 0 Å². The minimum atomic E-state index is -0.773. The van der Waals surface area contributed by atoms with E-state index in [2.05, 4.69) is 15.8 Å². The molecule has 0 saturated carbocycles. The molecule has 1 amide bonds. The molecule has 11 heteroatoms. The third-order valence-electron chi connectivity index (χ3n) is 3.29. The lowest BCUT2D eigenvalue weighted by molar-refractivity contribution is -0.393. The van der Waals surface area contributed by atoms with Crippen LogP contribution < -0.4 is 10.9 Å². The third-order valence-corrected chi connectivity index (χ3v) is 4.08. The minimum absolute atomic E-state index is 0.0668. The van der Waals surface area contributed by atoms with E-state index in [1.54, 1.807) is 23.7 Å². The number of anilines is 1. The van der Waals surface area contributed by atoms with Crippen LogP contribution in [0.25, 0.3) is 10.2 Å². The Morgan fingerprint density at radius 3 is 2.60 bits per heavy atom. The number of thiazole rings is 1. The first kappa shape index (κ1) is 16.3. The van der Waals surface area contributed by atoms with Gasteiger partial charge in [0.1, 0.15) is 5.69 Å². The lowest BCUT2D eigenvalue weighted by atomic mass is 10.2. The number of hydrogen-bond acceptors (Lipinski definition) is 8. The predicted molar refractivity (Wildman–Crippen MR) is 90.5 cm³/mol. The van der Waals surface area contributed by atoms with Gasteiger partial charge in [-0.3, -0.25) is 35.9 Å². The quantitative estimate of drug-likeness (QED) is 0.527. The van der Waals surface area contributed by atoms with Crippen molar-refractivity contribution in [1.82, 2.24) is 10.4 Å². The normalized spacial score (nSPS) is 10.4. The Morgan fingerprint density at radius 1 is 1.08 bits per heavy atom. The number of hydrogen-bond donors (Lipinski definition) is 2. The van der Waals surface area contributed by atoms with E-state index < -0.39 is 27.1 Å². The number of carbonyl (C=O) groups is 1. The molecular weight excluding hydrogens is 350 g/mol. The van der Waals surface area contributed by atoms with Crippen molar-refractivity contribution in [3.8, 4) is 0 Å². The average molecular weight is 359 g/mol. The molecule has 126 valence electrons. The maximum Gasteiger partial charge on any atom is 0.300 e. The smallest absolute Gasteiger partial charge is 0.292 e. The fraction of sp³-hybridized carbons (Fsp3) is 0. The summed E-state index contributed by atoms with van der Waals surface area (Å²) in [6, 6.07) is 7.98. The second-order valence-electron chi connectivity index (χ2n) is 4.83. The Hall–Kier alpha value is -3.60. The van der Waals surface area contributed by atoms with E-state index in [-0.39, 0.29) is 5.69 Å². The molecule has 0 aliphatic rings. The van der Waals surface area contributed by atoms with Gasteiger partial charge in [-0.15, -0.1) is 11.3 Å². The van der Waals surface area contributed by atoms with Gasteiger partial charge in [0.15, 0.2) is 0 Å². The van der Waals surface area contributed by atoms with E-state index in [4.69, 9.17) is 0 Å². The van der Waals surface area contributed by atoms with Gasteiger partial charge in [-0.2, -0.15) is 0 Å². The number of nitro benzene ring substituents is 2. The van der Waals surface area contributed by atoms with Crippen molar-refractivity contribution in [2.24, 2.45) is 0 Å². The zero-order chi connectivity index (χ0) is 18.0. The topological polar surface area (TPSA) is 140 Å². The summed E-state index contributed by atoms with van der Waals surface area (Å²) in [6.07, 6.45) is 0. The summed E-state index contributed by atoms with van der Waals surface area (Å²) in [7, 11) is 0. The van der Waals surface area contributed by atoms with E-state index >= 15 is 0 Å². The van der Waals surface area contributed by atoms with Crippen molar-refractivity contribution < 1.29 is 14.6 Å². The Labute approximate surface area is 143 Å². The third kappa shape index (κ3) is 3.35. The van der Waals surface area contributed by atoms with Crippen molar-refractivity contribution >= 4 is 44.5 Å². The van der Waals surface area contributed by atoms with E-state index in [0.717, 1.165) is 28.4 Å². The van der Waals surface area contributed by atoms with Crippen LogP contribution in [-0.2, 0) is 0 Å². The highest BCUT2D eigenvalue weighted by Gasteiger charge is 2.20. The molecule has 0 aliphatic carbocycles. The van der Waals surface area contributed by atoms with Gasteiger partial charge in [-0.1, -0.05) is 0 Å². The van der Waals surface area contributed by atoms with Crippen LogP contribution in [-0.4, -0.2) is 20.7 Å². The van der Waals surface area contributed by atoms with Crippen molar-refractivity contribution in [2.45, 2.75) is 0 Å². The summed E-state index contributed by atoms with van der Waals surface area (Å²) < 4.78 is 0.828. The van der Waals surface area contributed by atoms with Crippen LogP contribution in [0.15, 0.2) is 41.9 Å². The van der Waals surface area contributed by atoms with Crippen molar-refractivity contribution in [1.29, 1.82) is 0 Å². The monoisotopic (exact) mass is 359 g/mol.